The van der Waals surface area contributed by atoms with Crippen LogP contribution < -0.4 is 4.90 Å². The number of hydrogen-bond donors (Lipinski definition) is 2. The molecular formula is C13H18FNO2. The van der Waals surface area contributed by atoms with Crippen LogP contribution in [-0.2, 0) is 6.61 Å². The second-order valence-electron chi connectivity index (χ2n) is 4.54. The van der Waals surface area contributed by atoms with Crippen molar-refractivity contribution in [2.75, 3.05) is 24.6 Å². The normalized spacial score (nSPS) is 19.9. The highest BCUT2D eigenvalue weighted by Gasteiger charge is 2.23. The Morgan fingerprint density at radius 1 is 1.35 bits per heavy atom. The third kappa shape index (κ3) is 2.76. The van der Waals surface area contributed by atoms with E-state index in [1.54, 1.807) is 6.07 Å². The topological polar surface area (TPSA) is 43.7 Å². The number of aliphatic hydroxyl groups is 2. The van der Waals surface area contributed by atoms with Crippen molar-refractivity contribution in [1.29, 1.82) is 0 Å². The predicted molar refractivity (Wildman–Crippen MR) is 64.3 cm³/mol. The van der Waals surface area contributed by atoms with Crippen LogP contribution in [0.15, 0.2) is 18.2 Å². The second kappa shape index (κ2) is 5.47. The Hall–Kier alpha value is -1.13. The average Bonchev–Trinajstić information content (AvgIpc) is 2.78. The number of rotatable bonds is 4. The van der Waals surface area contributed by atoms with Gasteiger partial charge in [-0.05, 0) is 37.0 Å². The highest BCUT2D eigenvalue weighted by Crippen LogP contribution is 2.28. The quantitative estimate of drug-likeness (QED) is 0.837. The van der Waals surface area contributed by atoms with Crippen molar-refractivity contribution in [3.63, 3.8) is 0 Å². The smallest absolute Gasteiger partial charge is 0.123 e. The van der Waals surface area contributed by atoms with Gasteiger partial charge in [0.05, 0.1) is 6.61 Å². The van der Waals surface area contributed by atoms with Gasteiger partial charge in [-0.3, -0.25) is 0 Å². The van der Waals surface area contributed by atoms with Gasteiger partial charge >= 0.3 is 0 Å². The Bertz CT molecular complexity index is 384. The van der Waals surface area contributed by atoms with E-state index in [2.05, 4.69) is 4.90 Å². The molecule has 1 heterocycles. The van der Waals surface area contributed by atoms with Crippen molar-refractivity contribution in [2.45, 2.75) is 19.4 Å². The van der Waals surface area contributed by atoms with Gasteiger partial charge in [0.1, 0.15) is 5.82 Å². The van der Waals surface area contributed by atoms with Crippen LogP contribution in [0, 0.1) is 11.7 Å². The number of aliphatic hydroxyl groups excluding tert-OH is 2. The maximum Gasteiger partial charge on any atom is 0.123 e. The lowest BCUT2D eigenvalue weighted by Gasteiger charge is -2.21. The van der Waals surface area contributed by atoms with E-state index in [1.807, 2.05) is 0 Å². The highest BCUT2D eigenvalue weighted by atomic mass is 19.1. The molecule has 1 saturated heterocycles. The number of anilines is 1. The summed E-state index contributed by atoms with van der Waals surface area (Å²) >= 11 is 0. The molecule has 0 bridgehead atoms. The summed E-state index contributed by atoms with van der Waals surface area (Å²) in [6.45, 7) is 1.85. The first-order valence-electron chi connectivity index (χ1n) is 5.99. The van der Waals surface area contributed by atoms with Crippen LogP contribution in [0.4, 0.5) is 10.1 Å². The van der Waals surface area contributed by atoms with Gasteiger partial charge < -0.3 is 15.1 Å². The number of halogens is 1. The summed E-state index contributed by atoms with van der Waals surface area (Å²) in [6.07, 6.45) is 1.86. The summed E-state index contributed by atoms with van der Waals surface area (Å²) in [6, 6.07) is 4.53. The molecule has 0 amide bonds. The Morgan fingerprint density at radius 2 is 2.18 bits per heavy atom. The van der Waals surface area contributed by atoms with Crippen molar-refractivity contribution in [2.24, 2.45) is 5.92 Å². The van der Waals surface area contributed by atoms with Gasteiger partial charge in [0.25, 0.3) is 0 Å². The molecule has 1 aromatic carbocycles. The molecule has 0 aromatic heterocycles. The molecule has 1 atom stereocenters. The lowest BCUT2D eigenvalue weighted by Crippen LogP contribution is -2.21. The fourth-order valence-corrected chi connectivity index (χ4v) is 2.46. The molecule has 0 aliphatic carbocycles. The molecule has 4 heteroatoms. The lowest BCUT2D eigenvalue weighted by atomic mass is 10.1. The van der Waals surface area contributed by atoms with Crippen LogP contribution in [0.5, 0.6) is 0 Å². The number of hydrogen-bond acceptors (Lipinski definition) is 3. The van der Waals surface area contributed by atoms with Crippen LogP contribution >= 0.6 is 0 Å². The Labute approximate surface area is 100 Å². The molecule has 3 nitrogen and oxygen atoms in total. The molecule has 1 aliphatic rings. The zero-order chi connectivity index (χ0) is 12.3. The van der Waals surface area contributed by atoms with E-state index < -0.39 is 0 Å². The first-order chi connectivity index (χ1) is 8.24. The minimum Gasteiger partial charge on any atom is -0.396 e. The van der Waals surface area contributed by atoms with Crippen LogP contribution in [0.3, 0.4) is 0 Å². The monoisotopic (exact) mass is 239 g/mol. The predicted octanol–water partition coefficient (Wildman–Crippen LogP) is 1.53. The Balaban J connectivity index is 2.12. The zero-order valence-corrected chi connectivity index (χ0v) is 9.77. The molecule has 1 fully saturated rings. The first kappa shape index (κ1) is 12.3. The van der Waals surface area contributed by atoms with Crippen molar-refractivity contribution in [1.82, 2.24) is 0 Å². The van der Waals surface area contributed by atoms with Gasteiger partial charge in [-0.2, -0.15) is 0 Å². The first-order valence-corrected chi connectivity index (χ1v) is 5.99. The average molecular weight is 239 g/mol. The van der Waals surface area contributed by atoms with Crippen molar-refractivity contribution in [3.05, 3.63) is 29.6 Å². The van der Waals surface area contributed by atoms with Crippen LogP contribution in [0.2, 0.25) is 0 Å². The van der Waals surface area contributed by atoms with Crippen LogP contribution in [0.25, 0.3) is 0 Å². The molecular weight excluding hydrogens is 221 g/mol. The minimum absolute atomic E-state index is 0.145. The summed E-state index contributed by atoms with van der Waals surface area (Å²) in [7, 11) is 0. The van der Waals surface area contributed by atoms with Crippen molar-refractivity contribution >= 4 is 5.69 Å². The van der Waals surface area contributed by atoms with E-state index >= 15 is 0 Å². The molecule has 2 N–H and O–H groups in total. The summed E-state index contributed by atoms with van der Waals surface area (Å²) in [5.41, 5.74) is 1.55. The van der Waals surface area contributed by atoms with Gasteiger partial charge in [0, 0.05) is 30.9 Å². The molecule has 0 saturated carbocycles. The number of nitrogens with zero attached hydrogens (tertiary/aromatic N) is 1. The van der Waals surface area contributed by atoms with Crippen molar-refractivity contribution < 1.29 is 14.6 Å². The van der Waals surface area contributed by atoms with E-state index in [4.69, 9.17) is 5.11 Å². The molecule has 0 radical (unpaired) electrons. The highest BCUT2D eigenvalue weighted by molar-refractivity contribution is 5.54. The Kier molecular flexibility index (Phi) is 3.97. The van der Waals surface area contributed by atoms with E-state index in [9.17, 15) is 9.50 Å². The molecule has 94 valence electrons. The number of benzene rings is 1. The largest absolute Gasteiger partial charge is 0.396 e. The van der Waals surface area contributed by atoms with E-state index in [1.165, 1.54) is 12.1 Å². The SMILES string of the molecule is OCCC1CCN(c2ccc(F)cc2CO)C1. The third-order valence-corrected chi connectivity index (χ3v) is 3.38. The summed E-state index contributed by atoms with van der Waals surface area (Å²) in [5.74, 6) is 0.181. The fourth-order valence-electron chi connectivity index (χ4n) is 2.46. The van der Waals surface area contributed by atoms with Crippen molar-refractivity contribution in [3.8, 4) is 0 Å². The van der Waals surface area contributed by atoms with Gasteiger partial charge in [0.15, 0.2) is 0 Å². The summed E-state index contributed by atoms with van der Waals surface area (Å²) in [4.78, 5) is 2.16. The molecule has 2 rings (SSSR count). The molecule has 17 heavy (non-hydrogen) atoms. The van der Waals surface area contributed by atoms with Gasteiger partial charge in [-0.15, -0.1) is 0 Å². The minimum atomic E-state index is -0.316. The van der Waals surface area contributed by atoms with Gasteiger partial charge in [-0.25, -0.2) is 4.39 Å². The third-order valence-electron chi connectivity index (χ3n) is 3.38. The Morgan fingerprint density at radius 3 is 2.88 bits per heavy atom. The lowest BCUT2D eigenvalue weighted by molar-refractivity contribution is 0.263. The van der Waals surface area contributed by atoms with E-state index in [0.29, 0.717) is 11.5 Å². The maximum atomic E-state index is 13.1. The molecule has 1 unspecified atom stereocenters. The van der Waals surface area contributed by atoms with Crippen LogP contribution in [-0.4, -0.2) is 29.9 Å². The zero-order valence-electron chi connectivity index (χ0n) is 9.77. The van der Waals surface area contributed by atoms with E-state index in [-0.39, 0.29) is 19.0 Å². The van der Waals surface area contributed by atoms with Crippen LogP contribution in [0.1, 0.15) is 18.4 Å². The molecule has 1 aliphatic heterocycles. The summed E-state index contributed by atoms with van der Waals surface area (Å²) in [5, 5.41) is 18.2. The standard InChI is InChI=1S/C13H18FNO2/c14-12-1-2-13(11(7-12)9-17)15-5-3-10(8-15)4-6-16/h1-2,7,10,16-17H,3-6,8-9H2. The van der Waals surface area contributed by atoms with Gasteiger partial charge in [-0.1, -0.05) is 0 Å². The fraction of sp³-hybridized carbons (Fsp3) is 0.538. The second-order valence-corrected chi connectivity index (χ2v) is 4.54. The van der Waals surface area contributed by atoms with E-state index in [0.717, 1.165) is 31.6 Å². The van der Waals surface area contributed by atoms with Gasteiger partial charge in [0.2, 0.25) is 0 Å². The molecule has 1 aromatic rings. The molecule has 0 spiro atoms. The maximum absolute atomic E-state index is 13.1. The summed E-state index contributed by atoms with van der Waals surface area (Å²) < 4.78 is 13.1.